The SMILES string of the molecule is COc1cc2c(Oc3ccc(CC(=O)C4(C(=O)Cc5ccc(C)cc5)CC4)cc3)ccnc2cc1O. The normalized spacial score (nSPS) is 13.8. The van der Waals surface area contributed by atoms with E-state index in [0.29, 0.717) is 47.4 Å². The molecule has 1 aromatic heterocycles. The van der Waals surface area contributed by atoms with Gasteiger partial charge in [-0.25, -0.2) is 0 Å². The van der Waals surface area contributed by atoms with Crippen molar-refractivity contribution in [1.82, 2.24) is 4.98 Å². The number of aryl methyl sites for hydroxylation is 1. The lowest BCUT2D eigenvalue weighted by atomic mass is 9.88. The Morgan fingerprint density at radius 1 is 0.889 bits per heavy atom. The van der Waals surface area contributed by atoms with Crippen LogP contribution < -0.4 is 9.47 Å². The molecule has 5 rings (SSSR count). The van der Waals surface area contributed by atoms with E-state index in [2.05, 4.69) is 4.98 Å². The first kappa shape index (κ1) is 23.5. The molecule has 0 saturated heterocycles. The van der Waals surface area contributed by atoms with Crippen LogP contribution in [-0.2, 0) is 22.4 Å². The summed E-state index contributed by atoms with van der Waals surface area (Å²) in [5, 5.41) is 10.7. The zero-order chi connectivity index (χ0) is 25.3. The first-order chi connectivity index (χ1) is 17.4. The van der Waals surface area contributed by atoms with Crippen molar-refractivity contribution < 1.29 is 24.2 Å². The van der Waals surface area contributed by atoms with Gasteiger partial charge in [-0.15, -0.1) is 0 Å². The Hall–Kier alpha value is -4.19. The average Bonchev–Trinajstić information content (AvgIpc) is 3.69. The van der Waals surface area contributed by atoms with Crippen LogP contribution in [0.5, 0.6) is 23.0 Å². The molecule has 0 aliphatic heterocycles. The number of phenolic OH excluding ortho intramolecular Hbond substituents is 1. The lowest BCUT2D eigenvalue weighted by molar-refractivity contribution is -0.133. The van der Waals surface area contributed by atoms with E-state index in [-0.39, 0.29) is 23.7 Å². The van der Waals surface area contributed by atoms with Gasteiger partial charge in [-0.3, -0.25) is 14.6 Å². The summed E-state index contributed by atoms with van der Waals surface area (Å²) in [6, 6.07) is 20.2. The fourth-order valence-corrected chi connectivity index (χ4v) is 4.44. The number of benzene rings is 3. The summed E-state index contributed by atoms with van der Waals surface area (Å²) in [5.74, 6) is 1.51. The number of hydrogen-bond donors (Lipinski definition) is 1. The molecule has 0 bridgehead atoms. The highest BCUT2D eigenvalue weighted by Gasteiger charge is 2.54. The average molecular weight is 482 g/mol. The van der Waals surface area contributed by atoms with Gasteiger partial charge >= 0.3 is 0 Å². The number of ketones is 2. The Kier molecular flexibility index (Phi) is 6.18. The Bertz CT molecular complexity index is 1440. The van der Waals surface area contributed by atoms with Crippen molar-refractivity contribution in [2.45, 2.75) is 32.6 Å². The third kappa shape index (κ3) is 4.67. The summed E-state index contributed by atoms with van der Waals surface area (Å²) < 4.78 is 11.3. The van der Waals surface area contributed by atoms with Gasteiger partial charge in [0.2, 0.25) is 0 Å². The van der Waals surface area contributed by atoms with Crippen LogP contribution in [0, 0.1) is 12.3 Å². The van der Waals surface area contributed by atoms with Gasteiger partial charge in [0.25, 0.3) is 0 Å². The lowest BCUT2D eigenvalue weighted by Crippen LogP contribution is -2.28. The summed E-state index contributed by atoms with van der Waals surface area (Å²) in [7, 11) is 1.49. The van der Waals surface area contributed by atoms with Gasteiger partial charge in [-0.1, -0.05) is 42.0 Å². The standard InChI is InChI=1S/C30H27NO5/c1-19-3-5-20(6-4-19)15-28(33)30(12-13-30)29(34)16-21-7-9-22(10-8-21)36-26-11-14-31-24-18-25(32)27(35-2)17-23(24)26/h3-11,14,17-18,32H,12-13,15-16H2,1-2H3. The van der Waals surface area contributed by atoms with Crippen molar-refractivity contribution in [2.75, 3.05) is 7.11 Å². The van der Waals surface area contributed by atoms with E-state index in [9.17, 15) is 14.7 Å². The van der Waals surface area contributed by atoms with Crippen LogP contribution in [0.4, 0.5) is 0 Å². The van der Waals surface area contributed by atoms with Crippen molar-refractivity contribution in [3.8, 4) is 23.0 Å². The van der Waals surface area contributed by atoms with Crippen LogP contribution in [0.2, 0.25) is 0 Å². The summed E-state index contributed by atoms with van der Waals surface area (Å²) in [6.07, 6.45) is 3.38. The van der Waals surface area contributed by atoms with Crippen LogP contribution in [0.25, 0.3) is 10.9 Å². The van der Waals surface area contributed by atoms with E-state index in [1.165, 1.54) is 13.2 Å². The topological polar surface area (TPSA) is 85.7 Å². The first-order valence-electron chi connectivity index (χ1n) is 11.9. The maximum Gasteiger partial charge on any atom is 0.161 e. The zero-order valence-corrected chi connectivity index (χ0v) is 20.3. The highest BCUT2D eigenvalue weighted by Crippen LogP contribution is 2.49. The molecule has 1 saturated carbocycles. The molecule has 0 spiro atoms. The van der Waals surface area contributed by atoms with Crippen LogP contribution in [0.15, 0.2) is 72.9 Å². The number of nitrogens with zero attached hydrogens (tertiary/aromatic N) is 1. The number of ether oxygens (including phenoxy) is 2. The Morgan fingerprint density at radius 3 is 2.08 bits per heavy atom. The molecule has 0 atom stereocenters. The highest BCUT2D eigenvalue weighted by atomic mass is 16.5. The number of aromatic nitrogens is 1. The molecule has 6 nitrogen and oxygen atoms in total. The van der Waals surface area contributed by atoms with E-state index in [0.717, 1.165) is 16.7 Å². The van der Waals surface area contributed by atoms with Crippen molar-refractivity contribution in [3.63, 3.8) is 0 Å². The van der Waals surface area contributed by atoms with Crippen LogP contribution in [0.3, 0.4) is 0 Å². The molecule has 1 heterocycles. The second-order valence-corrected chi connectivity index (χ2v) is 9.36. The summed E-state index contributed by atoms with van der Waals surface area (Å²) >= 11 is 0. The van der Waals surface area contributed by atoms with E-state index >= 15 is 0 Å². The quantitative estimate of drug-likeness (QED) is 0.306. The largest absolute Gasteiger partial charge is 0.504 e. The molecule has 0 radical (unpaired) electrons. The highest BCUT2D eigenvalue weighted by molar-refractivity contribution is 6.10. The minimum absolute atomic E-state index is 0.00875. The zero-order valence-electron chi connectivity index (χ0n) is 20.3. The maximum atomic E-state index is 13.1. The molecule has 4 aromatic rings. The van der Waals surface area contributed by atoms with Crippen LogP contribution in [0.1, 0.15) is 29.5 Å². The Morgan fingerprint density at radius 2 is 1.50 bits per heavy atom. The molecular weight excluding hydrogens is 454 g/mol. The fourth-order valence-electron chi connectivity index (χ4n) is 4.44. The number of hydrogen-bond acceptors (Lipinski definition) is 6. The molecule has 1 aliphatic carbocycles. The third-order valence-corrected chi connectivity index (χ3v) is 6.82. The molecule has 6 heteroatoms. The van der Waals surface area contributed by atoms with E-state index in [1.54, 1.807) is 30.5 Å². The number of carbonyl (C=O) groups is 2. The van der Waals surface area contributed by atoms with E-state index in [4.69, 9.17) is 9.47 Å². The fraction of sp³-hybridized carbons (Fsp3) is 0.233. The molecule has 3 aromatic carbocycles. The van der Waals surface area contributed by atoms with Crippen molar-refractivity contribution in [1.29, 1.82) is 0 Å². The van der Waals surface area contributed by atoms with Crippen LogP contribution >= 0.6 is 0 Å². The van der Waals surface area contributed by atoms with E-state index in [1.807, 2.05) is 43.3 Å². The van der Waals surface area contributed by atoms with Gasteiger partial charge in [0, 0.05) is 30.5 Å². The number of phenols is 1. The molecule has 36 heavy (non-hydrogen) atoms. The van der Waals surface area contributed by atoms with Gasteiger partial charge in [-0.05, 0) is 55.2 Å². The predicted molar refractivity (Wildman–Crippen MR) is 137 cm³/mol. The van der Waals surface area contributed by atoms with Crippen molar-refractivity contribution >= 4 is 22.5 Å². The van der Waals surface area contributed by atoms with E-state index < -0.39 is 5.41 Å². The predicted octanol–water partition coefficient (Wildman–Crippen LogP) is 5.75. The molecule has 0 amide bonds. The molecule has 0 unspecified atom stereocenters. The molecule has 182 valence electrons. The molecule has 1 fully saturated rings. The number of rotatable bonds is 9. The Balaban J connectivity index is 1.27. The number of Topliss-reactive ketones (excluding diaryl/α,β-unsaturated/α-hetero) is 2. The summed E-state index contributed by atoms with van der Waals surface area (Å²) in [6.45, 7) is 2.01. The van der Waals surface area contributed by atoms with Gasteiger partial charge in [0.05, 0.1) is 18.0 Å². The van der Waals surface area contributed by atoms with Gasteiger partial charge in [0.1, 0.15) is 11.5 Å². The van der Waals surface area contributed by atoms with Gasteiger partial charge in [-0.2, -0.15) is 0 Å². The summed E-state index contributed by atoms with van der Waals surface area (Å²) in [4.78, 5) is 30.4. The number of fused-ring (bicyclic) bond motifs is 1. The number of carbonyl (C=O) groups excluding carboxylic acids is 2. The second kappa shape index (κ2) is 9.46. The van der Waals surface area contributed by atoms with Crippen molar-refractivity contribution in [3.05, 3.63) is 89.6 Å². The van der Waals surface area contributed by atoms with Gasteiger partial charge < -0.3 is 14.6 Å². The number of methoxy groups -OCH3 is 1. The number of aromatic hydroxyl groups is 1. The third-order valence-electron chi connectivity index (χ3n) is 6.82. The van der Waals surface area contributed by atoms with Crippen molar-refractivity contribution in [2.24, 2.45) is 5.41 Å². The van der Waals surface area contributed by atoms with Gasteiger partial charge in [0.15, 0.2) is 23.1 Å². The minimum Gasteiger partial charge on any atom is -0.504 e. The monoisotopic (exact) mass is 481 g/mol. The minimum atomic E-state index is -0.833. The molecular formula is C30H27NO5. The van der Waals surface area contributed by atoms with Crippen LogP contribution in [-0.4, -0.2) is 28.8 Å². The molecule has 1 aliphatic rings. The lowest BCUT2D eigenvalue weighted by Gasteiger charge is -2.14. The molecule has 1 N–H and O–H groups in total. The second-order valence-electron chi connectivity index (χ2n) is 9.36. The summed E-state index contributed by atoms with van der Waals surface area (Å²) in [5.41, 5.74) is 2.68. The number of pyridine rings is 1. The maximum absolute atomic E-state index is 13.1. The smallest absolute Gasteiger partial charge is 0.161 e. The Labute approximate surface area is 209 Å². The first-order valence-corrected chi connectivity index (χ1v) is 11.9.